The Kier molecular flexibility index (Phi) is 2.54. The van der Waals surface area contributed by atoms with Crippen molar-refractivity contribution in [1.29, 1.82) is 5.26 Å². The molecule has 0 atom stereocenters. The number of nitriles is 1. The lowest BCUT2D eigenvalue weighted by atomic mass is 10.2. The number of hydrogen-bond donors (Lipinski definition) is 0. The molecule has 0 unspecified atom stereocenters. The number of carbonyl (C=O) groups is 2. The summed E-state index contributed by atoms with van der Waals surface area (Å²) in [7, 11) is 0. The molecule has 0 spiro atoms. The fourth-order valence-corrected chi connectivity index (χ4v) is 2.04. The number of aromatic nitrogens is 1. The van der Waals surface area contributed by atoms with E-state index in [4.69, 9.17) is 5.26 Å². The number of fused-ring (bicyclic) bond motifs is 1. The van der Waals surface area contributed by atoms with Crippen LogP contribution in [0.15, 0.2) is 36.5 Å². The van der Waals surface area contributed by atoms with Crippen molar-refractivity contribution < 1.29 is 14.0 Å². The highest BCUT2D eigenvalue weighted by molar-refractivity contribution is 6.33. The van der Waals surface area contributed by atoms with Gasteiger partial charge < -0.3 is 0 Å². The zero-order valence-corrected chi connectivity index (χ0v) is 10.0. The second-order valence-electron chi connectivity index (χ2n) is 4.12. The van der Waals surface area contributed by atoms with Crippen LogP contribution in [0.1, 0.15) is 26.4 Å². The summed E-state index contributed by atoms with van der Waals surface area (Å²) in [5, 5.41) is 8.80. The first-order chi connectivity index (χ1) is 9.63. The van der Waals surface area contributed by atoms with Gasteiger partial charge in [0.15, 0.2) is 0 Å². The molecule has 2 heterocycles. The number of nitrogens with zero attached hydrogens (tertiary/aromatic N) is 3. The summed E-state index contributed by atoms with van der Waals surface area (Å²) < 4.78 is 13.3. The monoisotopic (exact) mass is 267 g/mol. The van der Waals surface area contributed by atoms with Crippen LogP contribution in [0.2, 0.25) is 0 Å². The molecule has 2 amide bonds. The van der Waals surface area contributed by atoms with Gasteiger partial charge in [-0.15, -0.1) is 0 Å². The maximum Gasteiger partial charge on any atom is 0.284 e. The van der Waals surface area contributed by atoms with Crippen LogP contribution in [-0.4, -0.2) is 16.8 Å². The molecule has 0 bridgehead atoms. The molecule has 0 N–H and O–H groups in total. The predicted molar refractivity (Wildman–Crippen MR) is 66.5 cm³/mol. The first-order valence-electron chi connectivity index (χ1n) is 5.67. The second-order valence-corrected chi connectivity index (χ2v) is 4.12. The summed E-state index contributed by atoms with van der Waals surface area (Å²) >= 11 is 0. The summed E-state index contributed by atoms with van der Waals surface area (Å²) in [6, 6.07) is 8.21. The van der Waals surface area contributed by atoms with Gasteiger partial charge in [-0.25, -0.2) is 9.29 Å². The number of amides is 2. The highest BCUT2D eigenvalue weighted by Crippen LogP contribution is 2.28. The van der Waals surface area contributed by atoms with Gasteiger partial charge in [-0.2, -0.15) is 5.26 Å². The van der Waals surface area contributed by atoms with Crippen LogP contribution in [0.25, 0.3) is 0 Å². The van der Waals surface area contributed by atoms with E-state index < -0.39 is 17.6 Å². The Labute approximate surface area is 112 Å². The quantitative estimate of drug-likeness (QED) is 0.739. The smallest absolute Gasteiger partial charge is 0.268 e. The van der Waals surface area contributed by atoms with Crippen LogP contribution >= 0.6 is 0 Å². The highest BCUT2D eigenvalue weighted by Gasteiger charge is 2.37. The normalized spacial score (nSPS) is 13.3. The molecule has 1 aromatic carbocycles. The standard InChI is InChI=1S/C14H6FN3O2/c15-11-4-3-9(6-8(11)7-16)18-13(19)10-2-1-5-17-12(10)14(18)20/h1-6H. The van der Waals surface area contributed by atoms with E-state index in [1.807, 2.05) is 0 Å². The Hall–Kier alpha value is -3.07. The number of benzene rings is 1. The number of hydrogen-bond acceptors (Lipinski definition) is 4. The van der Waals surface area contributed by atoms with Gasteiger partial charge in [-0.1, -0.05) is 0 Å². The molecule has 0 fully saturated rings. The second kappa shape index (κ2) is 4.24. The Balaban J connectivity index is 2.12. The number of rotatable bonds is 1. The van der Waals surface area contributed by atoms with Crippen LogP contribution in [0, 0.1) is 17.1 Å². The van der Waals surface area contributed by atoms with Gasteiger partial charge in [-0.3, -0.25) is 14.6 Å². The Morgan fingerprint density at radius 1 is 1.20 bits per heavy atom. The third-order valence-electron chi connectivity index (χ3n) is 2.98. The van der Waals surface area contributed by atoms with Crippen LogP contribution in [0.3, 0.4) is 0 Å². The summed E-state index contributed by atoms with van der Waals surface area (Å²) in [6.07, 6.45) is 1.42. The molecule has 2 aromatic rings. The molecular weight excluding hydrogens is 261 g/mol. The first-order valence-corrected chi connectivity index (χ1v) is 5.67. The average Bonchev–Trinajstić information content (AvgIpc) is 2.72. The van der Waals surface area contributed by atoms with E-state index in [9.17, 15) is 14.0 Å². The maximum absolute atomic E-state index is 13.3. The summed E-state index contributed by atoms with van der Waals surface area (Å²) in [5.41, 5.74) is 0.170. The van der Waals surface area contributed by atoms with E-state index >= 15 is 0 Å². The molecule has 3 rings (SSSR count). The van der Waals surface area contributed by atoms with Crippen molar-refractivity contribution in [3.63, 3.8) is 0 Å². The fourth-order valence-electron chi connectivity index (χ4n) is 2.04. The van der Waals surface area contributed by atoms with E-state index in [1.54, 1.807) is 12.1 Å². The SMILES string of the molecule is N#Cc1cc(N2C(=O)c3cccnc3C2=O)ccc1F. The zero-order chi connectivity index (χ0) is 14.3. The molecule has 20 heavy (non-hydrogen) atoms. The minimum Gasteiger partial charge on any atom is -0.268 e. The van der Waals surface area contributed by atoms with Gasteiger partial charge in [-0.05, 0) is 30.3 Å². The first kappa shape index (κ1) is 12.0. The van der Waals surface area contributed by atoms with Crippen molar-refractivity contribution in [3.05, 3.63) is 59.2 Å². The maximum atomic E-state index is 13.3. The van der Waals surface area contributed by atoms with E-state index in [-0.39, 0.29) is 22.5 Å². The number of carbonyl (C=O) groups excluding carboxylic acids is 2. The minimum atomic E-state index is -0.703. The molecule has 1 aromatic heterocycles. The van der Waals surface area contributed by atoms with Crippen molar-refractivity contribution in [2.75, 3.05) is 4.90 Å². The third-order valence-corrected chi connectivity index (χ3v) is 2.98. The molecule has 1 aliphatic heterocycles. The molecule has 96 valence electrons. The number of halogens is 1. The van der Waals surface area contributed by atoms with E-state index in [2.05, 4.69) is 4.98 Å². The van der Waals surface area contributed by atoms with Gasteiger partial charge in [0.1, 0.15) is 17.6 Å². The van der Waals surface area contributed by atoms with Crippen LogP contribution in [-0.2, 0) is 0 Å². The number of anilines is 1. The molecule has 0 saturated carbocycles. The summed E-state index contributed by atoms with van der Waals surface area (Å²) in [4.78, 5) is 29.1. The van der Waals surface area contributed by atoms with Gasteiger partial charge in [0.2, 0.25) is 0 Å². The Morgan fingerprint density at radius 3 is 2.70 bits per heavy atom. The number of pyridine rings is 1. The lowest BCUT2D eigenvalue weighted by Crippen LogP contribution is -2.29. The van der Waals surface area contributed by atoms with Crippen molar-refractivity contribution in [3.8, 4) is 6.07 Å². The van der Waals surface area contributed by atoms with Crippen LogP contribution in [0.4, 0.5) is 10.1 Å². The van der Waals surface area contributed by atoms with Crippen molar-refractivity contribution >= 4 is 17.5 Å². The van der Waals surface area contributed by atoms with Crippen molar-refractivity contribution in [2.45, 2.75) is 0 Å². The molecule has 1 aliphatic rings. The van der Waals surface area contributed by atoms with Crippen molar-refractivity contribution in [1.82, 2.24) is 4.98 Å². The van der Waals surface area contributed by atoms with E-state index in [0.717, 1.165) is 17.0 Å². The molecule has 0 aliphatic carbocycles. The molecule has 5 nitrogen and oxygen atoms in total. The van der Waals surface area contributed by atoms with Gasteiger partial charge in [0.05, 0.1) is 16.8 Å². The highest BCUT2D eigenvalue weighted by atomic mass is 19.1. The Bertz CT molecular complexity index is 760. The zero-order valence-electron chi connectivity index (χ0n) is 10.0. The van der Waals surface area contributed by atoms with Crippen molar-refractivity contribution in [2.24, 2.45) is 0 Å². The van der Waals surface area contributed by atoms with Crippen LogP contribution < -0.4 is 4.90 Å². The molecule has 0 radical (unpaired) electrons. The lowest BCUT2D eigenvalue weighted by molar-refractivity contribution is 0.0924. The summed E-state index contributed by atoms with van der Waals surface area (Å²) in [5.74, 6) is -1.82. The molecule has 6 heteroatoms. The van der Waals surface area contributed by atoms with Crippen LogP contribution in [0.5, 0.6) is 0 Å². The molecule has 0 saturated heterocycles. The summed E-state index contributed by atoms with van der Waals surface area (Å²) in [6.45, 7) is 0. The minimum absolute atomic E-state index is 0.0559. The van der Waals surface area contributed by atoms with E-state index in [0.29, 0.717) is 0 Å². The van der Waals surface area contributed by atoms with Gasteiger partial charge in [0, 0.05) is 6.20 Å². The Morgan fingerprint density at radius 2 is 2.00 bits per heavy atom. The average molecular weight is 267 g/mol. The number of imide groups is 1. The van der Waals surface area contributed by atoms with E-state index in [1.165, 1.54) is 18.3 Å². The van der Waals surface area contributed by atoms with Gasteiger partial charge in [0.25, 0.3) is 11.8 Å². The third kappa shape index (κ3) is 1.57. The largest absolute Gasteiger partial charge is 0.284 e. The van der Waals surface area contributed by atoms with Gasteiger partial charge >= 0.3 is 0 Å². The molecular formula is C14H6FN3O2. The topological polar surface area (TPSA) is 74.1 Å². The predicted octanol–water partition coefficient (Wildman–Crippen LogP) is 1.89. The lowest BCUT2D eigenvalue weighted by Gasteiger charge is -2.13. The fraction of sp³-hybridized carbons (Fsp3) is 0.